The topological polar surface area (TPSA) is 21.3 Å². The van der Waals surface area contributed by atoms with Crippen molar-refractivity contribution >= 4 is 11.6 Å². The van der Waals surface area contributed by atoms with Crippen LogP contribution in [0, 0.1) is 11.7 Å². The lowest BCUT2D eigenvalue weighted by Gasteiger charge is -2.19. The molecule has 2 atom stereocenters. The molecule has 1 saturated heterocycles. The van der Waals surface area contributed by atoms with Crippen molar-refractivity contribution in [1.29, 1.82) is 0 Å². The summed E-state index contributed by atoms with van der Waals surface area (Å²) >= 11 is 5.84. The highest BCUT2D eigenvalue weighted by molar-refractivity contribution is 6.30. The third-order valence-electron chi connectivity index (χ3n) is 3.29. The van der Waals surface area contributed by atoms with Gasteiger partial charge in [-0.25, -0.2) is 4.39 Å². The van der Waals surface area contributed by atoms with E-state index >= 15 is 0 Å². The van der Waals surface area contributed by atoms with Crippen LogP contribution in [0.3, 0.4) is 0 Å². The van der Waals surface area contributed by atoms with Crippen molar-refractivity contribution in [2.24, 2.45) is 5.92 Å². The van der Waals surface area contributed by atoms with Crippen molar-refractivity contribution in [3.05, 3.63) is 34.6 Å². The Kier molecular flexibility index (Phi) is 4.37. The van der Waals surface area contributed by atoms with Gasteiger partial charge in [-0.05, 0) is 37.5 Å². The summed E-state index contributed by atoms with van der Waals surface area (Å²) < 4.78 is 18.8. The van der Waals surface area contributed by atoms with Crippen LogP contribution in [-0.4, -0.2) is 19.3 Å². The summed E-state index contributed by atoms with van der Waals surface area (Å²) in [5.74, 6) is 0.314. The zero-order valence-electron chi connectivity index (χ0n) is 9.88. The fourth-order valence-corrected chi connectivity index (χ4v) is 2.26. The Balaban J connectivity index is 1.90. The lowest BCUT2D eigenvalue weighted by Crippen LogP contribution is -2.33. The van der Waals surface area contributed by atoms with E-state index < -0.39 is 0 Å². The zero-order chi connectivity index (χ0) is 12.3. The summed E-state index contributed by atoms with van der Waals surface area (Å²) in [5.41, 5.74) is 0.614. The van der Waals surface area contributed by atoms with E-state index in [4.69, 9.17) is 16.3 Å². The number of hydrogen-bond donors (Lipinski definition) is 1. The molecule has 1 N–H and O–H groups in total. The summed E-state index contributed by atoms with van der Waals surface area (Å²) in [6, 6.07) is 4.97. The van der Waals surface area contributed by atoms with Gasteiger partial charge in [0.1, 0.15) is 5.82 Å². The molecule has 1 heterocycles. The van der Waals surface area contributed by atoms with Crippen molar-refractivity contribution in [1.82, 2.24) is 5.32 Å². The number of hydrogen-bond acceptors (Lipinski definition) is 2. The molecule has 4 heteroatoms. The lowest BCUT2D eigenvalue weighted by molar-refractivity contribution is 0.178. The Morgan fingerprint density at radius 2 is 2.41 bits per heavy atom. The van der Waals surface area contributed by atoms with Gasteiger partial charge in [-0.1, -0.05) is 11.6 Å². The minimum absolute atomic E-state index is 0.211. The molecule has 1 aromatic rings. The fraction of sp³-hybridized carbons (Fsp3) is 0.538. The van der Waals surface area contributed by atoms with Gasteiger partial charge in [0.05, 0.1) is 6.61 Å². The molecule has 1 aliphatic rings. The lowest BCUT2D eigenvalue weighted by atomic mass is 10.0. The van der Waals surface area contributed by atoms with Crippen LogP contribution in [0.15, 0.2) is 18.2 Å². The van der Waals surface area contributed by atoms with Crippen molar-refractivity contribution in [2.45, 2.75) is 25.9 Å². The maximum atomic E-state index is 13.5. The molecule has 0 unspecified atom stereocenters. The molecule has 1 fully saturated rings. The van der Waals surface area contributed by atoms with Gasteiger partial charge in [-0.2, -0.15) is 0 Å². The minimum atomic E-state index is -0.211. The van der Waals surface area contributed by atoms with Gasteiger partial charge in [-0.15, -0.1) is 0 Å². The van der Waals surface area contributed by atoms with Gasteiger partial charge in [0, 0.05) is 29.8 Å². The van der Waals surface area contributed by atoms with Gasteiger partial charge in [0.2, 0.25) is 0 Å². The number of nitrogens with one attached hydrogen (secondary N) is 1. The van der Waals surface area contributed by atoms with Gasteiger partial charge >= 0.3 is 0 Å². The van der Waals surface area contributed by atoms with E-state index in [1.807, 2.05) is 0 Å². The third-order valence-corrected chi connectivity index (χ3v) is 3.53. The highest BCUT2D eigenvalue weighted by Crippen LogP contribution is 2.18. The molecule has 1 aliphatic heterocycles. The first kappa shape index (κ1) is 12.8. The summed E-state index contributed by atoms with van der Waals surface area (Å²) in [7, 11) is 0. The normalized spacial score (nSPS) is 21.7. The Morgan fingerprint density at radius 1 is 1.59 bits per heavy atom. The standard InChI is InChI=1S/C13H17ClFNO/c1-9(10-4-5-17-8-10)16-7-11-6-12(14)2-3-13(11)15/h2-3,6,9-10,16H,4-5,7-8H2,1H3/t9-,10+/m1/s1. The molecule has 0 saturated carbocycles. The van der Waals surface area contributed by atoms with Crippen molar-refractivity contribution in [2.75, 3.05) is 13.2 Å². The van der Waals surface area contributed by atoms with E-state index in [0.717, 1.165) is 19.6 Å². The van der Waals surface area contributed by atoms with Gasteiger partial charge < -0.3 is 10.1 Å². The molecular formula is C13H17ClFNO. The molecule has 2 rings (SSSR count). The molecule has 0 bridgehead atoms. The van der Waals surface area contributed by atoms with E-state index in [2.05, 4.69) is 12.2 Å². The maximum absolute atomic E-state index is 13.5. The monoisotopic (exact) mass is 257 g/mol. The van der Waals surface area contributed by atoms with Gasteiger partial charge in [0.15, 0.2) is 0 Å². The second kappa shape index (κ2) is 5.80. The zero-order valence-corrected chi connectivity index (χ0v) is 10.6. The average Bonchev–Trinajstić information content (AvgIpc) is 2.83. The predicted octanol–water partition coefficient (Wildman–Crippen LogP) is 2.99. The largest absolute Gasteiger partial charge is 0.381 e. The second-order valence-corrected chi connectivity index (χ2v) is 4.97. The van der Waals surface area contributed by atoms with Crippen molar-refractivity contribution < 1.29 is 9.13 Å². The molecule has 0 spiro atoms. The average molecular weight is 258 g/mol. The Bertz CT molecular complexity index is 380. The molecule has 1 aromatic carbocycles. The number of benzene rings is 1. The molecule has 0 aliphatic carbocycles. The highest BCUT2D eigenvalue weighted by Gasteiger charge is 2.21. The molecule has 2 nitrogen and oxygen atoms in total. The molecule has 0 aromatic heterocycles. The van der Waals surface area contributed by atoms with Crippen LogP contribution >= 0.6 is 11.6 Å². The van der Waals surface area contributed by atoms with Crippen LogP contribution in [0.1, 0.15) is 18.9 Å². The number of rotatable bonds is 4. The van der Waals surface area contributed by atoms with Crippen LogP contribution in [0.4, 0.5) is 4.39 Å². The number of ether oxygens (including phenoxy) is 1. The van der Waals surface area contributed by atoms with Crippen LogP contribution in [-0.2, 0) is 11.3 Å². The van der Waals surface area contributed by atoms with Crippen LogP contribution in [0.2, 0.25) is 5.02 Å². The maximum Gasteiger partial charge on any atom is 0.127 e. The van der Waals surface area contributed by atoms with Crippen LogP contribution in [0.25, 0.3) is 0 Å². The van der Waals surface area contributed by atoms with E-state index in [1.54, 1.807) is 12.1 Å². The van der Waals surface area contributed by atoms with Crippen molar-refractivity contribution in [3.8, 4) is 0 Å². The third kappa shape index (κ3) is 3.41. The highest BCUT2D eigenvalue weighted by atomic mass is 35.5. The Labute approximate surface area is 106 Å². The summed E-state index contributed by atoms with van der Waals surface area (Å²) in [6.07, 6.45) is 1.08. The first-order chi connectivity index (χ1) is 8.16. The SMILES string of the molecule is C[C@@H](NCc1cc(Cl)ccc1F)[C@H]1CCOC1. The fourth-order valence-electron chi connectivity index (χ4n) is 2.06. The first-order valence-corrected chi connectivity index (χ1v) is 6.29. The minimum Gasteiger partial charge on any atom is -0.381 e. The molecule has 0 amide bonds. The van der Waals surface area contributed by atoms with E-state index in [9.17, 15) is 4.39 Å². The van der Waals surface area contributed by atoms with Crippen LogP contribution < -0.4 is 5.32 Å². The number of halogens is 2. The van der Waals surface area contributed by atoms with Gasteiger partial charge in [-0.3, -0.25) is 0 Å². The van der Waals surface area contributed by atoms with Crippen LogP contribution in [0.5, 0.6) is 0 Å². The summed E-state index contributed by atoms with van der Waals surface area (Å²) in [4.78, 5) is 0. The second-order valence-electron chi connectivity index (χ2n) is 4.53. The Morgan fingerprint density at radius 3 is 3.12 bits per heavy atom. The quantitative estimate of drug-likeness (QED) is 0.895. The summed E-state index contributed by atoms with van der Waals surface area (Å²) in [5, 5.41) is 3.90. The molecular weight excluding hydrogens is 241 g/mol. The van der Waals surface area contributed by atoms with E-state index in [1.165, 1.54) is 6.07 Å². The van der Waals surface area contributed by atoms with Crippen molar-refractivity contribution in [3.63, 3.8) is 0 Å². The molecule has 94 valence electrons. The van der Waals surface area contributed by atoms with E-state index in [0.29, 0.717) is 29.1 Å². The smallest absolute Gasteiger partial charge is 0.127 e. The summed E-state index contributed by atoms with van der Waals surface area (Å²) in [6.45, 7) is 4.25. The first-order valence-electron chi connectivity index (χ1n) is 5.92. The molecule has 0 radical (unpaired) electrons. The van der Waals surface area contributed by atoms with Gasteiger partial charge in [0.25, 0.3) is 0 Å². The molecule has 17 heavy (non-hydrogen) atoms. The predicted molar refractivity (Wildman–Crippen MR) is 66.6 cm³/mol. The van der Waals surface area contributed by atoms with E-state index in [-0.39, 0.29) is 5.82 Å². The Hall–Kier alpha value is -0.640.